The van der Waals surface area contributed by atoms with Gasteiger partial charge in [0.15, 0.2) is 5.82 Å². The fraction of sp³-hybridized carbons (Fsp3) is 0.444. The molecule has 13 heavy (non-hydrogen) atoms. The second-order valence-electron chi connectivity index (χ2n) is 3.15. The molecule has 0 aromatic carbocycles. The van der Waals surface area contributed by atoms with Crippen molar-refractivity contribution in [3.63, 3.8) is 0 Å². The number of hydroxylamine groups is 1. The Morgan fingerprint density at radius 2 is 2.54 bits per heavy atom. The molecule has 1 fully saturated rings. The first-order valence-electron chi connectivity index (χ1n) is 4.27. The average molecular weight is 180 g/mol. The van der Waals surface area contributed by atoms with Crippen LogP contribution in [0.15, 0.2) is 18.3 Å². The van der Waals surface area contributed by atoms with E-state index in [4.69, 9.17) is 4.84 Å². The first-order valence-corrected chi connectivity index (χ1v) is 4.27. The summed E-state index contributed by atoms with van der Waals surface area (Å²) in [6.07, 6.45) is 1.32. The molecule has 0 spiro atoms. The number of nitrogens with zero attached hydrogens (tertiary/aromatic N) is 2. The monoisotopic (exact) mass is 180 g/mol. The second kappa shape index (κ2) is 3.32. The van der Waals surface area contributed by atoms with Crippen LogP contribution in [-0.2, 0) is 4.84 Å². The lowest BCUT2D eigenvalue weighted by Gasteiger charge is -2.16. The molecule has 1 aliphatic heterocycles. The summed E-state index contributed by atoms with van der Waals surface area (Å²) < 4.78 is 0. The molecule has 0 bridgehead atoms. The number of rotatable bonds is 1. The maximum absolute atomic E-state index is 9.26. The molecule has 1 atom stereocenters. The van der Waals surface area contributed by atoms with Crippen LogP contribution < -0.4 is 5.06 Å². The number of anilines is 1. The van der Waals surface area contributed by atoms with Crippen LogP contribution in [0.3, 0.4) is 0 Å². The summed E-state index contributed by atoms with van der Waals surface area (Å²) >= 11 is 0. The predicted octanol–water partition coefficient (Wildman–Crippen LogP) is 0.503. The number of pyridine rings is 1. The van der Waals surface area contributed by atoms with Crippen molar-refractivity contribution in [3.8, 4) is 0 Å². The zero-order chi connectivity index (χ0) is 9.26. The first-order chi connectivity index (χ1) is 6.27. The van der Waals surface area contributed by atoms with Crippen molar-refractivity contribution in [1.82, 2.24) is 4.98 Å². The van der Waals surface area contributed by atoms with E-state index in [1.54, 1.807) is 11.3 Å². The molecule has 1 N–H and O–H groups in total. The highest BCUT2D eigenvalue weighted by molar-refractivity contribution is 5.43. The van der Waals surface area contributed by atoms with Gasteiger partial charge in [-0.15, -0.1) is 0 Å². The highest BCUT2D eigenvalue weighted by Gasteiger charge is 2.23. The molecule has 70 valence electrons. The molecule has 0 radical (unpaired) electrons. The lowest BCUT2D eigenvalue weighted by atomic mass is 10.3. The molecule has 1 unspecified atom stereocenters. The molecule has 0 saturated carbocycles. The number of hydrogen-bond acceptors (Lipinski definition) is 4. The Labute approximate surface area is 76.7 Å². The van der Waals surface area contributed by atoms with E-state index in [0.29, 0.717) is 13.2 Å². The van der Waals surface area contributed by atoms with Crippen LogP contribution in [0.5, 0.6) is 0 Å². The van der Waals surface area contributed by atoms with Crippen molar-refractivity contribution in [3.05, 3.63) is 23.9 Å². The summed E-state index contributed by atoms with van der Waals surface area (Å²) in [6.45, 7) is 2.82. The van der Waals surface area contributed by atoms with Crippen LogP contribution in [0.2, 0.25) is 0 Å². The van der Waals surface area contributed by atoms with E-state index >= 15 is 0 Å². The topological polar surface area (TPSA) is 45.6 Å². The summed E-state index contributed by atoms with van der Waals surface area (Å²) in [5.74, 6) is 0.791. The Bertz CT molecular complexity index is 303. The van der Waals surface area contributed by atoms with Crippen molar-refractivity contribution in [2.24, 2.45) is 0 Å². The minimum Gasteiger partial charge on any atom is -0.389 e. The smallest absolute Gasteiger partial charge is 0.155 e. The Balaban J connectivity index is 2.21. The molecular formula is C9H12N2O2. The van der Waals surface area contributed by atoms with Gasteiger partial charge in [0.1, 0.15) is 6.61 Å². The highest BCUT2D eigenvalue weighted by Crippen LogP contribution is 2.19. The van der Waals surface area contributed by atoms with Gasteiger partial charge >= 0.3 is 0 Å². The fourth-order valence-corrected chi connectivity index (χ4v) is 1.36. The van der Waals surface area contributed by atoms with Gasteiger partial charge in [0.05, 0.1) is 12.6 Å². The second-order valence-corrected chi connectivity index (χ2v) is 3.15. The van der Waals surface area contributed by atoms with Gasteiger partial charge in [-0.1, -0.05) is 6.07 Å². The minimum absolute atomic E-state index is 0.357. The van der Waals surface area contributed by atoms with Gasteiger partial charge in [-0.05, 0) is 18.6 Å². The van der Waals surface area contributed by atoms with E-state index in [1.165, 1.54) is 0 Å². The molecule has 0 aliphatic carbocycles. The SMILES string of the molecule is Cc1cccnc1N1CC(O)CO1. The van der Waals surface area contributed by atoms with Gasteiger partial charge in [-0.2, -0.15) is 0 Å². The van der Waals surface area contributed by atoms with E-state index in [0.717, 1.165) is 11.4 Å². The van der Waals surface area contributed by atoms with Gasteiger partial charge in [0, 0.05) is 6.20 Å². The Hall–Kier alpha value is -1.13. The van der Waals surface area contributed by atoms with Gasteiger partial charge < -0.3 is 5.11 Å². The average Bonchev–Trinajstić information content (AvgIpc) is 2.53. The lowest BCUT2D eigenvalue weighted by molar-refractivity contribution is 0.115. The quantitative estimate of drug-likeness (QED) is 0.683. The molecule has 1 aromatic heterocycles. The maximum Gasteiger partial charge on any atom is 0.155 e. The van der Waals surface area contributed by atoms with Crippen molar-refractivity contribution in [1.29, 1.82) is 0 Å². The van der Waals surface area contributed by atoms with E-state index in [2.05, 4.69) is 4.98 Å². The maximum atomic E-state index is 9.26. The van der Waals surface area contributed by atoms with Crippen molar-refractivity contribution in [2.45, 2.75) is 13.0 Å². The van der Waals surface area contributed by atoms with Gasteiger partial charge in [0.2, 0.25) is 0 Å². The Kier molecular flexibility index (Phi) is 2.16. The van der Waals surface area contributed by atoms with Crippen LogP contribution in [-0.4, -0.2) is 29.3 Å². The Morgan fingerprint density at radius 1 is 1.69 bits per heavy atom. The number of aromatic nitrogens is 1. The third kappa shape index (κ3) is 1.64. The number of aryl methyl sites for hydroxylation is 1. The van der Waals surface area contributed by atoms with E-state index < -0.39 is 6.10 Å². The molecule has 2 rings (SSSR count). The molecule has 1 aliphatic rings. The summed E-state index contributed by atoms with van der Waals surface area (Å²) in [7, 11) is 0. The first kappa shape index (κ1) is 8.47. The van der Waals surface area contributed by atoms with Gasteiger partial charge in [-0.25, -0.2) is 10.0 Å². The van der Waals surface area contributed by atoms with Gasteiger partial charge in [-0.3, -0.25) is 4.84 Å². The number of aliphatic hydroxyl groups excluding tert-OH is 1. The third-order valence-corrected chi connectivity index (χ3v) is 2.02. The molecule has 4 heteroatoms. The number of aliphatic hydroxyl groups is 1. The van der Waals surface area contributed by atoms with Crippen LogP contribution in [0.4, 0.5) is 5.82 Å². The third-order valence-electron chi connectivity index (χ3n) is 2.02. The summed E-state index contributed by atoms with van der Waals surface area (Å²) in [5.41, 5.74) is 1.05. The van der Waals surface area contributed by atoms with Crippen LogP contribution in [0.1, 0.15) is 5.56 Å². The molecule has 2 heterocycles. The van der Waals surface area contributed by atoms with Crippen LogP contribution in [0.25, 0.3) is 0 Å². The van der Waals surface area contributed by atoms with Crippen LogP contribution >= 0.6 is 0 Å². The highest BCUT2D eigenvalue weighted by atomic mass is 16.7. The van der Waals surface area contributed by atoms with Gasteiger partial charge in [0.25, 0.3) is 0 Å². The zero-order valence-electron chi connectivity index (χ0n) is 7.47. The van der Waals surface area contributed by atoms with E-state index in [9.17, 15) is 5.11 Å². The van der Waals surface area contributed by atoms with E-state index in [-0.39, 0.29) is 0 Å². The summed E-state index contributed by atoms with van der Waals surface area (Å²) in [5, 5.41) is 10.9. The lowest BCUT2D eigenvalue weighted by Crippen LogP contribution is -2.21. The minimum atomic E-state index is -0.401. The van der Waals surface area contributed by atoms with Crippen LogP contribution in [0, 0.1) is 6.92 Å². The predicted molar refractivity (Wildman–Crippen MR) is 48.3 cm³/mol. The fourth-order valence-electron chi connectivity index (χ4n) is 1.36. The molecule has 0 amide bonds. The summed E-state index contributed by atoms with van der Waals surface area (Å²) in [4.78, 5) is 9.44. The number of β-amino-alcohol motifs (C(OH)–C–C–N with tert-alkyl or cyclic N) is 1. The molecule has 4 nitrogen and oxygen atoms in total. The zero-order valence-corrected chi connectivity index (χ0v) is 7.47. The number of hydrogen-bond donors (Lipinski definition) is 1. The van der Waals surface area contributed by atoms with E-state index in [1.807, 2.05) is 19.1 Å². The molecule has 1 saturated heterocycles. The largest absolute Gasteiger partial charge is 0.389 e. The normalized spacial score (nSPS) is 22.3. The molecule has 1 aromatic rings. The Morgan fingerprint density at radius 3 is 3.15 bits per heavy atom. The van der Waals surface area contributed by atoms with Crippen molar-refractivity contribution < 1.29 is 9.94 Å². The van der Waals surface area contributed by atoms with Crippen molar-refractivity contribution >= 4 is 5.82 Å². The van der Waals surface area contributed by atoms with Crippen molar-refractivity contribution in [2.75, 3.05) is 18.2 Å². The summed E-state index contributed by atoms with van der Waals surface area (Å²) in [6, 6.07) is 3.85. The molecular weight excluding hydrogens is 168 g/mol. The standard InChI is InChI=1S/C9H12N2O2/c1-7-3-2-4-10-9(7)11-5-8(12)6-13-11/h2-4,8,12H,5-6H2,1H3.